The number of hydrogen-bond acceptors (Lipinski definition) is 2. The van der Waals surface area contributed by atoms with Crippen LogP contribution >= 0.6 is 0 Å². The summed E-state index contributed by atoms with van der Waals surface area (Å²) in [4.78, 5) is 2.35. The Balaban J connectivity index is 1.75. The molecule has 0 unspecified atom stereocenters. The fourth-order valence-electron chi connectivity index (χ4n) is 2.69. The second kappa shape index (κ2) is 6.09. The highest BCUT2D eigenvalue weighted by molar-refractivity contribution is 5.39. The highest BCUT2D eigenvalue weighted by Crippen LogP contribution is 2.24. The monoisotopic (exact) mass is 280 g/mol. The summed E-state index contributed by atoms with van der Waals surface area (Å²) < 4.78 is 13.7. The molecule has 3 rings (SSSR count). The van der Waals surface area contributed by atoms with Crippen molar-refractivity contribution in [3.8, 4) is 11.8 Å². The highest BCUT2D eigenvalue weighted by Gasteiger charge is 2.18. The lowest BCUT2D eigenvalue weighted by molar-refractivity contribution is 0.275. The predicted octanol–water partition coefficient (Wildman–Crippen LogP) is 2.65. The molecule has 2 aromatic carbocycles. The Labute approximate surface area is 124 Å². The first kappa shape index (κ1) is 13.8. The predicted molar refractivity (Wildman–Crippen MR) is 81.7 cm³/mol. The molecule has 2 nitrogen and oxygen atoms in total. The summed E-state index contributed by atoms with van der Waals surface area (Å²) in [5, 5.41) is 0. The van der Waals surface area contributed by atoms with Crippen LogP contribution in [0.2, 0.25) is 0 Å². The molecule has 2 N–H and O–H groups in total. The van der Waals surface area contributed by atoms with Crippen LogP contribution in [-0.2, 0) is 19.6 Å². The Morgan fingerprint density at radius 3 is 2.48 bits per heavy atom. The van der Waals surface area contributed by atoms with Crippen molar-refractivity contribution in [2.75, 3.05) is 6.54 Å². The van der Waals surface area contributed by atoms with Crippen molar-refractivity contribution in [1.29, 1.82) is 0 Å². The molecule has 0 atom stereocenters. The van der Waals surface area contributed by atoms with Crippen molar-refractivity contribution in [1.82, 2.24) is 4.90 Å². The van der Waals surface area contributed by atoms with Crippen LogP contribution in [0.1, 0.15) is 22.3 Å². The Hall–Kier alpha value is -2.15. The van der Waals surface area contributed by atoms with E-state index < -0.39 is 0 Å². The smallest absolute Gasteiger partial charge is 0.138 e. The minimum Gasteiger partial charge on any atom is -0.320 e. The van der Waals surface area contributed by atoms with E-state index in [1.165, 1.54) is 17.2 Å². The summed E-state index contributed by atoms with van der Waals surface area (Å²) in [6.45, 7) is 2.92. The number of fused-ring (bicyclic) bond motifs is 1. The summed E-state index contributed by atoms with van der Waals surface area (Å²) in [6.07, 6.45) is 0. The van der Waals surface area contributed by atoms with E-state index in [1.54, 1.807) is 0 Å². The quantitative estimate of drug-likeness (QED) is 0.857. The third-order valence-corrected chi connectivity index (χ3v) is 3.67. The maximum Gasteiger partial charge on any atom is 0.138 e. The van der Waals surface area contributed by atoms with Crippen molar-refractivity contribution < 1.29 is 4.39 Å². The summed E-state index contributed by atoms with van der Waals surface area (Å²) in [7, 11) is 0. The largest absolute Gasteiger partial charge is 0.320 e. The summed E-state index contributed by atoms with van der Waals surface area (Å²) >= 11 is 0. The topological polar surface area (TPSA) is 29.3 Å². The number of hydrogen-bond donors (Lipinski definition) is 1. The fraction of sp³-hybridized carbons (Fsp3) is 0.222. The summed E-state index contributed by atoms with van der Waals surface area (Å²) in [5.41, 5.74) is 9.60. The Morgan fingerprint density at radius 1 is 1.10 bits per heavy atom. The third-order valence-electron chi connectivity index (χ3n) is 3.67. The second-order valence-electron chi connectivity index (χ2n) is 5.23. The summed E-state index contributed by atoms with van der Waals surface area (Å²) in [5.74, 6) is 5.20. The van der Waals surface area contributed by atoms with Crippen LogP contribution in [0.15, 0.2) is 42.5 Å². The van der Waals surface area contributed by atoms with Gasteiger partial charge in [0.2, 0.25) is 0 Å². The highest BCUT2D eigenvalue weighted by atomic mass is 19.1. The lowest BCUT2D eigenvalue weighted by Crippen LogP contribution is -2.15. The SMILES string of the molecule is NCC#Cc1cc(CN2Cc3ccccc3C2)ccc1F. The normalized spacial score (nSPS) is 13.6. The first-order valence-corrected chi connectivity index (χ1v) is 7.03. The zero-order chi connectivity index (χ0) is 14.7. The van der Waals surface area contributed by atoms with Crippen LogP contribution in [-0.4, -0.2) is 11.4 Å². The fourth-order valence-corrected chi connectivity index (χ4v) is 2.69. The molecule has 0 saturated carbocycles. The molecule has 1 aliphatic rings. The Kier molecular flexibility index (Phi) is 4.01. The van der Waals surface area contributed by atoms with Crippen LogP contribution in [0.25, 0.3) is 0 Å². The van der Waals surface area contributed by atoms with Gasteiger partial charge in [-0.1, -0.05) is 42.2 Å². The van der Waals surface area contributed by atoms with E-state index in [4.69, 9.17) is 5.73 Å². The molecule has 1 aliphatic heterocycles. The van der Waals surface area contributed by atoms with Gasteiger partial charge < -0.3 is 5.73 Å². The lowest BCUT2D eigenvalue weighted by Gasteiger charge is -2.15. The van der Waals surface area contributed by atoms with Crippen LogP contribution < -0.4 is 5.73 Å². The standard InChI is InChI=1S/C18H17FN2/c19-18-8-7-14(10-15(18)6-3-9-20)11-21-12-16-4-1-2-5-17(16)13-21/h1-2,4-5,7-8,10H,9,11-13,20H2. The molecule has 3 heteroatoms. The minimum atomic E-state index is -0.288. The van der Waals surface area contributed by atoms with Crippen LogP contribution in [0.4, 0.5) is 4.39 Å². The van der Waals surface area contributed by atoms with E-state index >= 15 is 0 Å². The van der Waals surface area contributed by atoms with Gasteiger partial charge >= 0.3 is 0 Å². The first-order valence-electron chi connectivity index (χ1n) is 7.03. The van der Waals surface area contributed by atoms with Gasteiger partial charge in [-0.3, -0.25) is 4.90 Å². The van der Waals surface area contributed by atoms with Crippen molar-refractivity contribution in [2.45, 2.75) is 19.6 Å². The molecule has 21 heavy (non-hydrogen) atoms. The van der Waals surface area contributed by atoms with E-state index in [2.05, 4.69) is 41.0 Å². The minimum absolute atomic E-state index is 0.241. The molecule has 0 spiro atoms. The van der Waals surface area contributed by atoms with Crippen LogP contribution in [0, 0.1) is 17.7 Å². The van der Waals surface area contributed by atoms with Gasteiger partial charge in [0.05, 0.1) is 12.1 Å². The first-order chi connectivity index (χ1) is 10.3. The number of halogens is 1. The van der Waals surface area contributed by atoms with Gasteiger partial charge in [0.1, 0.15) is 5.82 Å². The molecule has 1 heterocycles. The van der Waals surface area contributed by atoms with Crippen molar-refractivity contribution in [3.05, 3.63) is 70.5 Å². The average Bonchev–Trinajstić information content (AvgIpc) is 2.90. The van der Waals surface area contributed by atoms with Gasteiger partial charge in [0.25, 0.3) is 0 Å². The van der Waals surface area contributed by atoms with E-state index in [-0.39, 0.29) is 12.4 Å². The molecule has 0 aliphatic carbocycles. The molecule has 0 amide bonds. The molecular formula is C18H17FN2. The molecule has 106 valence electrons. The van der Waals surface area contributed by atoms with Gasteiger partial charge in [-0.25, -0.2) is 4.39 Å². The molecule has 0 fully saturated rings. The van der Waals surface area contributed by atoms with Crippen LogP contribution in [0.5, 0.6) is 0 Å². The van der Waals surface area contributed by atoms with E-state index in [0.717, 1.165) is 25.2 Å². The lowest BCUT2D eigenvalue weighted by atomic mass is 10.1. The van der Waals surface area contributed by atoms with Gasteiger partial charge in [-0.15, -0.1) is 0 Å². The van der Waals surface area contributed by atoms with E-state index in [0.29, 0.717) is 5.56 Å². The van der Waals surface area contributed by atoms with Crippen molar-refractivity contribution >= 4 is 0 Å². The summed E-state index contributed by atoms with van der Waals surface area (Å²) in [6, 6.07) is 13.6. The number of nitrogens with zero attached hydrogens (tertiary/aromatic N) is 1. The van der Waals surface area contributed by atoms with Gasteiger partial charge in [0.15, 0.2) is 0 Å². The van der Waals surface area contributed by atoms with Gasteiger partial charge in [-0.2, -0.15) is 0 Å². The zero-order valence-corrected chi connectivity index (χ0v) is 11.8. The molecule has 0 aromatic heterocycles. The second-order valence-corrected chi connectivity index (χ2v) is 5.23. The van der Waals surface area contributed by atoms with E-state index in [1.807, 2.05) is 12.1 Å². The molecule has 0 radical (unpaired) electrons. The maximum absolute atomic E-state index is 13.7. The van der Waals surface area contributed by atoms with E-state index in [9.17, 15) is 4.39 Å². The van der Waals surface area contributed by atoms with Gasteiger partial charge in [0, 0.05) is 19.6 Å². The number of nitrogens with two attached hydrogens (primary N) is 1. The maximum atomic E-state index is 13.7. The zero-order valence-electron chi connectivity index (χ0n) is 11.8. The molecular weight excluding hydrogens is 263 g/mol. The average molecular weight is 280 g/mol. The van der Waals surface area contributed by atoms with Crippen LogP contribution in [0.3, 0.4) is 0 Å². The number of rotatable bonds is 2. The molecule has 0 saturated heterocycles. The Bertz CT molecular complexity index is 688. The molecule has 2 aromatic rings. The van der Waals surface area contributed by atoms with Crippen molar-refractivity contribution in [3.63, 3.8) is 0 Å². The van der Waals surface area contributed by atoms with Crippen molar-refractivity contribution in [2.24, 2.45) is 5.73 Å². The third kappa shape index (κ3) is 3.13. The number of benzene rings is 2. The molecule has 0 bridgehead atoms. The van der Waals surface area contributed by atoms with Gasteiger partial charge in [-0.05, 0) is 28.8 Å². The Morgan fingerprint density at radius 2 is 1.81 bits per heavy atom.